The molecule has 0 aliphatic carbocycles. The number of nitrogens with zero attached hydrogens (tertiary/aromatic N) is 1. The molecule has 0 rings (SSSR count). The highest BCUT2D eigenvalue weighted by Crippen LogP contribution is 2.06. The van der Waals surface area contributed by atoms with E-state index in [0.29, 0.717) is 18.7 Å². The highest BCUT2D eigenvalue weighted by molar-refractivity contribution is 7.89. The molecular formula is C11H22ClNO5S. The maximum absolute atomic E-state index is 12.1. The van der Waals surface area contributed by atoms with Crippen molar-refractivity contribution in [2.24, 2.45) is 0 Å². The molecule has 0 spiro atoms. The van der Waals surface area contributed by atoms with Crippen molar-refractivity contribution in [1.29, 1.82) is 0 Å². The molecule has 6 nitrogen and oxygen atoms in total. The molecule has 0 fully saturated rings. The third-order valence-electron chi connectivity index (χ3n) is 2.33. The second kappa shape index (κ2) is 10.4. The van der Waals surface area contributed by atoms with Crippen molar-refractivity contribution in [3.05, 3.63) is 0 Å². The van der Waals surface area contributed by atoms with E-state index in [9.17, 15) is 13.2 Å². The van der Waals surface area contributed by atoms with Crippen molar-refractivity contribution in [1.82, 2.24) is 4.31 Å². The van der Waals surface area contributed by atoms with Crippen LogP contribution in [0.4, 0.5) is 0 Å². The minimum absolute atomic E-state index is 0.0250. The number of sulfonamides is 1. The molecule has 0 saturated carbocycles. The summed E-state index contributed by atoms with van der Waals surface area (Å²) in [6.07, 6.45) is 1.09. The molecule has 0 bridgehead atoms. The van der Waals surface area contributed by atoms with Crippen LogP contribution in [0, 0.1) is 0 Å². The van der Waals surface area contributed by atoms with Crippen LogP contribution in [-0.4, -0.2) is 63.7 Å². The Morgan fingerprint density at radius 2 is 2.00 bits per heavy atom. The lowest BCUT2D eigenvalue weighted by Gasteiger charge is -2.20. The molecule has 0 amide bonds. The van der Waals surface area contributed by atoms with Gasteiger partial charge in [0.25, 0.3) is 0 Å². The number of ether oxygens (including phenoxy) is 2. The van der Waals surface area contributed by atoms with Gasteiger partial charge >= 0.3 is 5.97 Å². The van der Waals surface area contributed by atoms with Crippen LogP contribution in [0.15, 0.2) is 0 Å². The summed E-state index contributed by atoms with van der Waals surface area (Å²) in [6, 6.07) is 0. The number of rotatable bonds is 11. The molecule has 19 heavy (non-hydrogen) atoms. The maximum atomic E-state index is 12.1. The summed E-state index contributed by atoms with van der Waals surface area (Å²) in [5, 5.41) is 0. The Hall–Kier alpha value is -0.370. The van der Waals surface area contributed by atoms with E-state index >= 15 is 0 Å². The van der Waals surface area contributed by atoms with E-state index in [2.05, 4.69) is 0 Å². The molecule has 0 atom stereocenters. The maximum Gasteiger partial charge on any atom is 0.321 e. The zero-order valence-corrected chi connectivity index (χ0v) is 13.0. The minimum Gasteiger partial charge on any atom is -0.465 e. The fourth-order valence-corrected chi connectivity index (χ4v) is 3.04. The van der Waals surface area contributed by atoms with Crippen molar-refractivity contribution in [3.63, 3.8) is 0 Å². The molecule has 8 heteroatoms. The number of hydrogen-bond donors (Lipinski definition) is 0. The van der Waals surface area contributed by atoms with Crippen molar-refractivity contribution in [2.75, 3.05) is 45.0 Å². The van der Waals surface area contributed by atoms with Gasteiger partial charge in [-0.05, 0) is 19.8 Å². The van der Waals surface area contributed by atoms with E-state index in [4.69, 9.17) is 21.1 Å². The predicted octanol–water partition coefficient (Wildman–Crippen LogP) is 0.847. The SMILES string of the molecule is CCOC(=O)CN(CCOC)S(=O)(=O)CCCCCl. The molecule has 0 N–H and O–H groups in total. The Kier molecular flexibility index (Phi) is 10.2. The fraction of sp³-hybridized carbons (Fsp3) is 0.909. The van der Waals surface area contributed by atoms with Crippen LogP contribution in [-0.2, 0) is 24.3 Å². The normalized spacial score (nSPS) is 11.8. The number of unbranched alkanes of at least 4 members (excludes halogenated alkanes) is 1. The van der Waals surface area contributed by atoms with E-state index in [1.165, 1.54) is 7.11 Å². The smallest absolute Gasteiger partial charge is 0.321 e. The molecule has 0 saturated heterocycles. The van der Waals surface area contributed by atoms with Gasteiger partial charge in [-0.3, -0.25) is 4.79 Å². The lowest BCUT2D eigenvalue weighted by molar-refractivity contribution is -0.143. The zero-order valence-electron chi connectivity index (χ0n) is 11.4. The lowest BCUT2D eigenvalue weighted by Crippen LogP contribution is -2.40. The van der Waals surface area contributed by atoms with Gasteiger partial charge in [0.2, 0.25) is 10.0 Å². The number of alkyl halides is 1. The fourth-order valence-electron chi connectivity index (χ4n) is 1.37. The Morgan fingerprint density at radius 1 is 1.32 bits per heavy atom. The molecule has 0 aromatic rings. The highest BCUT2D eigenvalue weighted by Gasteiger charge is 2.24. The van der Waals surface area contributed by atoms with Gasteiger partial charge in [-0.15, -0.1) is 11.6 Å². The molecular weight excluding hydrogens is 294 g/mol. The topological polar surface area (TPSA) is 72.9 Å². The first kappa shape index (κ1) is 18.6. The molecule has 0 aromatic heterocycles. The lowest BCUT2D eigenvalue weighted by atomic mass is 10.4. The third-order valence-corrected chi connectivity index (χ3v) is 4.51. The van der Waals surface area contributed by atoms with E-state index in [0.717, 1.165) is 4.31 Å². The first-order chi connectivity index (χ1) is 8.97. The van der Waals surface area contributed by atoms with Crippen LogP contribution in [0.2, 0.25) is 0 Å². The molecule has 0 aliphatic rings. The minimum atomic E-state index is -3.49. The molecule has 0 radical (unpaired) electrons. The summed E-state index contributed by atoms with van der Waals surface area (Å²) >= 11 is 5.52. The van der Waals surface area contributed by atoms with Crippen molar-refractivity contribution in [2.45, 2.75) is 19.8 Å². The monoisotopic (exact) mass is 315 g/mol. The van der Waals surface area contributed by atoms with Gasteiger partial charge in [-0.25, -0.2) is 8.42 Å². The number of halogens is 1. The van der Waals surface area contributed by atoms with Gasteiger partial charge in [0.05, 0.1) is 19.0 Å². The van der Waals surface area contributed by atoms with Gasteiger partial charge in [0.1, 0.15) is 6.54 Å². The number of methoxy groups -OCH3 is 1. The second-order valence-electron chi connectivity index (χ2n) is 3.84. The molecule has 0 aromatic carbocycles. The first-order valence-corrected chi connectivity index (χ1v) is 8.30. The number of carbonyl (C=O) groups is 1. The van der Waals surface area contributed by atoms with Crippen LogP contribution in [0.3, 0.4) is 0 Å². The van der Waals surface area contributed by atoms with E-state index in [1.807, 2.05) is 0 Å². The van der Waals surface area contributed by atoms with Crippen LogP contribution in [0.1, 0.15) is 19.8 Å². The second-order valence-corrected chi connectivity index (χ2v) is 6.31. The Bertz CT molecular complexity index is 347. The van der Waals surface area contributed by atoms with E-state index in [-0.39, 0.29) is 32.1 Å². The van der Waals surface area contributed by atoms with Gasteiger partial charge in [0, 0.05) is 19.5 Å². The van der Waals surface area contributed by atoms with Crippen LogP contribution >= 0.6 is 11.6 Å². The summed E-state index contributed by atoms with van der Waals surface area (Å²) < 4.78 is 34.9. The van der Waals surface area contributed by atoms with Gasteiger partial charge < -0.3 is 9.47 Å². The summed E-state index contributed by atoms with van der Waals surface area (Å²) in [7, 11) is -2.01. The first-order valence-electron chi connectivity index (χ1n) is 6.16. The van der Waals surface area contributed by atoms with Gasteiger partial charge in [0.15, 0.2) is 0 Å². The van der Waals surface area contributed by atoms with Gasteiger partial charge in [-0.2, -0.15) is 4.31 Å². The molecule has 0 heterocycles. The van der Waals surface area contributed by atoms with Crippen LogP contribution in [0.25, 0.3) is 0 Å². The number of carbonyl (C=O) groups excluding carboxylic acids is 1. The Balaban J connectivity index is 4.57. The standard InChI is InChI=1S/C11H22ClNO5S/c1-3-18-11(14)10-13(7-8-17-2)19(15,16)9-5-4-6-12/h3-10H2,1-2H3. The summed E-state index contributed by atoms with van der Waals surface area (Å²) in [5.41, 5.74) is 0. The third kappa shape index (κ3) is 8.41. The number of esters is 1. The van der Waals surface area contributed by atoms with Crippen molar-refractivity contribution in [3.8, 4) is 0 Å². The Morgan fingerprint density at radius 3 is 2.53 bits per heavy atom. The zero-order chi connectivity index (χ0) is 14.7. The molecule has 114 valence electrons. The molecule has 0 aliphatic heterocycles. The quantitative estimate of drug-likeness (QED) is 0.321. The summed E-state index contributed by atoms with van der Waals surface area (Å²) in [6.45, 7) is 1.99. The van der Waals surface area contributed by atoms with Gasteiger partial charge in [-0.1, -0.05) is 0 Å². The molecule has 0 unspecified atom stereocenters. The average Bonchev–Trinajstić information content (AvgIpc) is 2.34. The van der Waals surface area contributed by atoms with Crippen LogP contribution < -0.4 is 0 Å². The van der Waals surface area contributed by atoms with E-state index in [1.54, 1.807) is 6.92 Å². The number of hydrogen-bond acceptors (Lipinski definition) is 5. The highest BCUT2D eigenvalue weighted by atomic mass is 35.5. The van der Waals surface area contributed by atoms with E-state index < -0.39 is 16.0 Å². The summed E-state index contributed by atoms with van der Waals surface area (Å²) in [5.74, 6) is -0.159. The van der Waals surface area contributed by atoms with Crippen LogP contribution in [0.5, 0.6) is 0 Å². The van der Waals surface area contributed by atoms with Crippen molar-refractivity contribution < 1.29 is 22.7 Å². The van der Waals surface area contributed by atoms with Crippen molar-refractivity contribution >= 4 is 27.6 Å². The average molecular weight is 316 g/mol. The largest absolute Gasteiger partial charge is 0.465 e. The Labute approximate surface area is 120 Å². The predicted molar refractivity (Wildman–Crippen MR) is 73.8 cm³/mol. The summed E-state index contributed by atoms with van der Waals surface area (Å²) in [4.78, 5) is 11.4.